The van der Waals surface area contributed by atoms with E-state index in [-0.39, 0.29) is 40.9 Å². The standard InChI is InChI=1S/C23H37NO4SSi/c1-8-27-22(26)18(14-15-29-17-12-10-9-11-13-17)20-19(21(25)24-20)16(2)28-30(6,7)23(3,4)5/h9-13,16,18-20H,8,14-15H2,1-7H3,(H,24,25)/t16-,18-,19-,20-/m1/s1. The fourth-order valence-corrected chi connectivity index (χ4v) is 5.89. The number of nitrogens with one attached hydrogen (secondary N) is 1. The molecule has 7 heteroatoms. The molecule has 0 bridgehead atoms. The van der Waals surface area contributed by atoms with Crippen molar-refractivity contribution in [2.75, 3.05) is 12.4 Å². The van der Waals surface area contributed by atoms with Crippen LogP contribution in [0.15, 0.2) is 35.2 Å². The first-order valence-electron chi connectivity index (χ1n) is 10.8. The molecular weight excluding hydrogens is 414 g/mol. The van der Waals surface area contributed by atoms with Crippen molar-refractivity contribution in [2.45, 2.75) is 76.2 Å². The van der Waals surface area contributed by atoms with Crippen LogP contribution in [-0.4, -0.2) is 44.7 Å². The Morgan fingerprint density at radius 3 is 2.40 bits per heavy atom. The van der Waals surface area contributed by atoms with Crippen molar-refractivity contribution < 1.29 is 18.8 Å². The van der Waals surface area contributed by atoms with Crippen molar-refractivity contribution in [1.82, 2.24) is 5.32 Å². The molecule has 1 heterocycles. The molecule has 0 spiro atoms. The molecule has 1 aliphatic rings. The molecule has 1 aromatic rings. The molecule has 5 nitrogen and oxygen atoms in total. The number of esters is 1. The van der Waals surface area contributed by atoms with Gasteiger partial charge in [0, 0.05) is 4.90 Å². The highest BCUT2D eigenvalue weighted by atomic mass is 32.2. The van der Waals surface area contributed by atoms with Gasteiger partial charge in [-0.3, -0.25) is 9.59 Å². The number of β-lactam (4-membered cyclic amide) rings is 1. The minimum absolute atomic E-state index is 0.0313. The molecule has 1 fully saturated rings. The largest absolute Gasteiger partial charge is 0.466 e. The number of hydrogen-bond donors (Lipinski definition) is 1. The van der Waals surface area contributed by atoms with Gasteiger partial charge in [0.05, 0.1) is 30.6 Å². The van der Waals surface area contributed by atoms with E-state index in [0.29, 0.717) is 13.0 Å². The van der Waals surface area contributed by atoms with Crippen LogP contribution in [0.2, 0.25) is 18.1 Å². The van der Waals surface area contributed by atoms with Gasteiger partial charge >= 0.3 is 5.97 Å². The van der Waals surface area contributed by atoms with Crippen LogP contribution in [0.3, 0.4) is 0 Å². The monoisotopic (exact) mass is 451 g/mol. The van der Waals surface area contributed by atoms with E-state index < -0.39 is 8.32 Å². The van der Waals surface area contributed by atoms with Crippen molar-refractivity contribution in [3.05, 3.63) is 30.3 Å². The van der Waals surface area contributed by atoms with Gasteiger partial charge < -0.3 is 14.5 Å². The van der Waals surface area contributed by atoms with Gasteiger partial charge in [-0.2, -0.15) is 0 Å². The van der Waals surface area contributed by atoms with Crippen LogP contribution < -0.4 is 5.32 Å². The van der Waals surface area contributed by atoms with Gasteiger partial charge in [0.1, 0.15) is 0 Å². The number of hydrogen-bond acceptors (Lipinski definition) is 5. The third kappa shape index (κ3) is 6.11. The molecule has 4 atom stereocenters. The van der Waals surface area contributed by atoms with Gasteiger partial charge in [0.15, 0.2) is 8.32 Å². The Kier molecular flexibility index (Phi) is 8.59. The van der Waals surface area contributed by atoms with E-state index in [9.17, 15) is 9.59 Å². The van der Waals surface area contributed by atoms with Gasteiger partial charge in [-0.25, -0.2) is 0 Å². The highest BCUT2D eigenvalue weighted by Gasteiger charge is 2.51. The lowest BCUT2D eigenvalue weighted by atomic mass is 9.77. The van der Waals surface area contributed by atoms with Gasteiger partial charge in [-0.15, -0.1) is 11.8 Å². The average Bonchev–Trinajstić information content (AvgIpc) is 2.63. The maximum absolute atomic E-state index is 12.7. The maximum Gasteiger partial charge on any atom is 0.311 e. The van der Waals surface area contributed by atoms with Crippen LogP contribution in [0, 0.1) is 11.8 Å². The first-order chi connectivity index (χ1) is 14.0. The summed E-state index contributed by atoms with van der Waals surface area (Å²) in [5.41, 5.74) is 0. The van der Waals surface area contributed by atoms with Crippen LogP contribution in [0.4, 0.5) is 0 Å². The molecule has 1 aromatic carbocycles. The van der Waals surface area contributed by atoms with E-state index in [1.165, 1.54) is 4.90 Å². The molecule has 1 N–H and O–H groups in total. The molecule has 2 rings (SSSR count). The number of benzene rings is 1. The molecule has 1 aliphatic heterocycles. The smallest absolute Gasteiger partial charge is 0.311 e. The third-order valence-corrected chi connectivity index (χ3v) is 11.9. The van der Waals surface area contributed by atoms with Crippen molar-refractivity contribution in [3.63, 3.8) is 0 Å². The predicted molar refractivity (Wildman–Crippen MR) is 125 cm³/mol. The summed E-state index contributed by atoms with van der Waals surface area (Å²) < 4.78 is 11.8. The van der Waals surface area contributed by atoms with Crippen molar-refractivity contribution in [2.24, 2.45) is 11.8 Å². The summed E-state index contributed by atoms with van der Waals surface area (Å²) in [5, 5.41) is 3.03. The molecule has 0 unspecified atom stereocenters. The Morgan fingerprint density at radius 1 is 1.23 bits per heavy atom. The summed E-state index contributed by atoms with van der Waals surface area (Å²) in [5.74, 6) is -0.175. The highest BCUT2D eigenvalue weighted by Crippen LogP contribution is 2.40. The molecule has 0 radical (unpaired) electrons. The lowest BCUT2D eigenvalue weighted by molar-refractivity contribution is -0.156. The molecular formula is C23H37NO4SSi. The number of rotatable bonds is 10. The molecule has 1 saturated heterocycles. The lowest BCUT2D eigenvalue weighted by Crippen LogP contribution is -2.67. The van der Waals surface area contributed by atoms with Gasteiger partial charge in [0.25, 0.3) is 0 Å². The summed E-state index contributed by atoms with van der Waals surface area (Å²) in [6, 6.07) is 9.89. The normalized spacial score (nSPS) is 21.4. The van der Waals surface area contributed by atoms with E-state index in [1.54, 1.807) is 11.8 Å². The second-order valence-electron chi connectivity index (χ2n) is 9.45. The van der Waals surface area contributed by atoms with Gasteiger partial charge in [-0.1, -0.05) is 39.0 Å². The van der Waals surface area contributed by atoms with Crippen molar-refractivity contribution in [1.29, 1.82) is 0 Å². The summed E-state index contributed by atoms with van der Waals surface area (Å²) in [6.07, 6.45) is 0.412. The summed E-state index contributed by atoms with van der Waals surface area (Å²) in [7, 11) is -2.02. The molecule has 0 aliphatic carbocycles. The topological polar surface area (TPSA) is 64.6 Å². The number of carbonyl (C=O) groups is 2. The van der Waals surface area contributed by atoms with Gasteiger partial charge in [0.2, 0.25) is 5.91 Å². The third-order valence-electron chi connectivity index (χ3n) is 6.25. The zero-order chi connectivity index (χ0) is 22.5. The van der Waals surface area contributed by atoms with Gasteiger partial charge in [-0.05, 0) is 56.3 Å². The molecule has 30 heavy (non-hydrogen) atoms. The van der Waals surface area contributed by atoms with E-state index in [1.807, 2.05) is 32.0 Å². The van der Waals surface area contributed by atoms with Crippen LogP contribution in [0.1, 0.15) is 41.0 Å². The second kappa shape index (κ2) is 10.3. The number of amides is 1. The summed E-state index contributed by atoms with van der Waals surface area (Å²) >= 11 is 1.72. The molecule has 1 amide bonds. The fourth-order valence-electron chi connectivity index (χ4n) is 3.50. The number of thioether (sulfide) groups is 1. The lowest BCUT2D eigenvalue weighted by Gasteiger charge is -2.47. The predicted octanol–water partition coefficient (Wildman–Crippen LogP) is 4.87. The zero-order valence-electron chi connectivity index (χ0n) is 19.4. The van der Waals surface area contributed by atoms with Crippen LogP contribution >= 0.6 is 11.8 Å². The number of ether oxygens (including phenoxy) is 1. The summed E-state index contributed by atoms with van der Waals surface area (Å²) in [6.45, 7) is 15.1. The first-order valence-corrected chi connectivity index (χ1v) is 14.7. The van der Waals surface area contributed by atoms with E-state index in [0.717, 1.165) is 5.75 Å². The Labute approximate surface area is 186 Å². The maximum atomic E-state index is 12.7. The summed E-state index contributed by atoms with van der Waals surface area (Å²) in [4.78, 5) is 26.4. The SMILES string of the molecule is CCOC(=O)[C@H](CCSc1ccccc1)[C@H]1NC(=O)[C@@H]1[C@@H](C)O[Si](C)(C)C(C)(C)C. The second-order valence-corrected chi connectivity index (χ2v) is 15.4. The van der Waals surface area contributed by atoms with Crippen LogP contribution in [0.5, 0.6) is 0 Å². The van der Waals surface area contributed by atoms with Crippen LogP contribution in [-0.2, 0) is 18.8 Å². The Balaban J connectivity index is 2.08. The first kappa shape index (κ1) is 25.0. The Hall–Kier alpha value is -1.31. The fraction of sp³-hybridized carbons (Fsp3) is 0.652. The van der Waals surface area contributed by atoms with E-state index >= 15 is 0 Å². The quantitative estimate of drug-likeness (QED) is 0.238. The number of carbonyl (C=O) groups excluding carboxylic acids is 2. The minimum atomic E-state index is -2.02. The molecule has 0 aromatic heterocycles. The average molecular weight is 452 g/mol. The van der Waals surface area contributed by atoms with E-state index in [2.05, 4.69) is 51.3 Å². The van der Waals surface area contributed by atoms with Crippen molar-refractivity contribution in [3.8, 4) is 0 Å². The molecule has 168 valence electrons. The van der Waals surface area contributed by atoms with E-state index in [4.69, 9.17) is 9.16 Å². The van der Waals surface area contributed by atoms with Crippen molar-refractivity contribution >= 4 is 32.0 Å². The zero-order valence-corrected chi connectivity index (χ0v) is 21.2. The Morgan fingerprint density at radius 2 is 1.87 bits per heavy atom. The highest BCUT2D eigenvalue weighted by molar-refractivity contribution is 7.99. The minimum Gasteiger partial charge on any atom is -0.466 e. The molecule has 0 saturated carbocycles. The Bertz CT molecular complexity index is 720. The van der Waals surface area contributed by atoms with Crippen LogP contribution in [0.25, 0.3) is 0 Å².